The minimum atomic E-state index is -4.22. The summed E-state index contributed by atoms with van der Waals surface area (Å²) in [6.07, 6.45) is 0. The molecule has 1 aromatic rings. The molecule has 1 aromatic carbocycles. The number of nitrogens with one attached hydrogen (secondary N) is 1. The molecule has 2 rings (SSSR count). The summed E-state index contributed by atoms with van der Waals surface area (Å²) in [4.78, 5) is 11.0. The third-order valence-electron chi connectivity index (χ3n) is 2.49. The summed E-state index contributed by atoms with van der Waals surface area (Å²) < 4.78 is 51.7. The molecule has 1 aliphatic heterocycles. The van der Waals surface area contributed by atoms with Crippen molar-refractivity contribution in [1.82, 2.24) is 4.72 Å². The smallest absolute Gasteiger partial charge is 1.00 e. The van der Waals surface area contributed by atoms with Crippen molar-refractivity contribution in [2.24, 2.45) is 0 Å². The van der Waals surface area contributed by atoms with E-state index in [1.807, 2.05) is 0 Å². The molecule has 0 aromatic heterocycles. The van der Waals surface area contributed by atoms with Crippen LogP contribution < -0.4 is 60.4 Å². The van der Waals surface area contributed by atoms with Gasteiger partial charge in [0.1, 0.15) is 18.0 Å². The maximum atomic E-state index is 13.4. The maximum absolute atomic E-state index is 13.4. The molecule has 1 amide bonds. The van der Waals surface area contributed by atoms with Crippen LogP contribution in [-0.2, 0) is 15.0 Å². The van der Waals surface area contributed by atoms with Gasteiger partial charge in [-0.1, -0.05) is 0 Å². The fourth-order valence-corrected chi connectivity index (χ4v) is 2.69. The first-order chi connectivity index (χ1) is 8.24. The fraction of sp³-hybridized carbons (Fsp3) is 0.222. The molecular weight excluding hydrogens is 309 g/mol. The summed E-state index contributed by atoms with van der Waals surface area (Å²) in [5.41, 5.74) is -1.05. The van der Waals surface area contributed by atoms with Crippen LogP contribution in [0.2, 0.25) is 0 Å². The van der Waals surface area contributed by atoms with E-state index in [0.29, 0.717) is 10.4 Å². The van der Waals surface area contributed by atoms with Gasteiger partial charge in [-0.2, -0.15) is 8.42 Å². The molecule has 10 heteroatoms. The van der Waals surface area contributed by atoms with Gasteiger partial charge in [0.25, 0.3) is 5.91 Å². The van der Waals surface area contributed by atoms with E-state index in [1.54, 1.807) is 4.72 Å². The van der Waals surface area contributed by atoms with Gasteiger partial charge in [-0.05, 0) is 6.92 Å². The first-order valence-corrected chi connectivity index (χ1v) is 6.19. The average Bonchev–Trinajstić information content (AvgIpc) is 2.54. The van der Waals surface area contributed by atoms with Crippen LogP contribution in [0.1, 0.15) is 6.99 Å². The van der Waals surface area contributed by atoms with Gasteiger partial charge in [0.2, 0.25) is 0 Å². The minimum Gasteiger partial charge on any atom is -1.00 e. The van der Waals surface area contributed by atoms with Gasteiger partial charge < -0.3 is 6.53 Å². The fourth-order valence-electron chi connectivity index (χ4n) is 1.54. The summed E-state index contributed by atoms with van der Waals surface area (Å²) in [6, 6.07) is 0.658. The third-order valence-corrected chi connectivity index (χ3v) is 3.88. The van der Waals surface area contributed by atoms with Gasteiger partial charge in [0.05, 0.1) is 0 Å². The number of hydrogen-bond acceptors (Lipinski definition) is 4. The van der Waals surface area contributed by atoms with Crippen LogP contribution in [0.25, 0.3) is 0 Å². The molecule has 0 aliphatic carbocycles. The summed E-state index contributed by atoms with van der Waals surface area (Å²) >= 11 is 0. The molecule has 1 heterocycles. The van der Waals surface area contributed by atoms with Crippen molar-refractivity contribution in [1.29, 1.82) is 0 Å². The second-order valence-electron chi connectivity index (χ2n) is 3.70. The van der Waals surface area contributed by atoms with Crippen LogP contribution in [0.4, 0.5) is 14.5 Å². The number of nitrogens with zero attached hydrogens (tertiary/aromatic N) is 1. The van der Waals surface area contributed by atoms with Crippen LogP contribution >= 0.6 is 0 Å². The van der Waals surface area contributed by atoms with Crippen LogP contribution in [-0.4, -0.2) is 26.0 Å². The predicted molar refractivity (Wildman–Crippen MR) is 58.3 cm³/mol. The number of anilines is 1. The molecule has 2 N–H and O–H groups in total. The Balaban J connectivity index is 0.00000180. The van der Waals surface area contributed by atoms with Gasteiger partial charge in [-0.15, -0.1) is 0 Å². The van der Waals surface area contributed by atoms with E-state index < -0.39 is 51.3 Å². The zero-order chi connectivity index (χ0) is 13.7. The number of hydrogen-bond donors (Lipinski definition) is 2. The molecular formula is C9H9F2KN2O4S. The van der Waals surface area contributed by atoms with Crippen LogP contribution in [0.5, 0.6) is 5.75 Å². The average molecular weight is 318 g/mol. The molecule has 19 heavy (non-hydrogen) atoms. The molecule has 0 radical (unpaired) electrons. The van der Waals surface area contributed by atoms with E-state index in [1.165, 1.54) is 0 Å². The van der Waals surface area contributed by atoms with E-state index in [2.05, 4.69) is 0 Å². The van der Waals surface area contributed by atoms with E-state index in [-0.39, 0.29) is 52.8 Å². The summed E-state index contributed by atoms with van der Waals surface area (Å²) in [5, 5.41) is 9.49. The topological polar surface area (TPSA) is 86.7 Å². The Bertz CT molecular complexity index is 656. The standard InChI is InChI=1S/C9H8F2N2O4S.K.H/c1-4-5(10)2-6(9(15)8(4)11)13-3-7(14)12-18(13,16)17;;/h2,15H,3H2,1H3,(H,12,14);;/q;+1;-1. The number of amides is 1. The van der Waals surface area contributed by atoms with Crippen molar-refractivity contribution in [3.63, 3.8) is 0 Å². The number of rotatable bonds is 1. The monoisotopic (exact) mass is 318 g/mol. The van der Waals surface area contributed by atoms with Crippen molar-refractivity contribution in [2.75, 3.05) is 10.8 Å². The summed E-state index contributed by atoms with van der Waals surface area (Å²) in [5.74, 6) is -4.15. The second-order valence-corrected chi connectivity index (χ2v) is 5.30. The van der Waals surface area contributed by atoms with E-state index >= 15 is 0 Å². The first-order valence-electron chi connectivity index (χ1n) is 4.75. The summed E-state index contributed by atoms with van der Waals surface area (Å²) in [6.45, 7) is 0.452. The molecule has 0 saturated carbocycles. The molecule has 1 fully saturated rings. The molecule has 0 spiro atoms. The number of benzene rings is 1. The first kappa shape index (κ1) is 16.8. The van der Waals surface area contributed by atoms with Crippen LogP contribution in [0.15, 0.2) is 6.07 Å². The van der Waals surface area contributed by atoms with Gasteiger partial charge in [0.15, 0.2) is 11.6 Å². The van der Waals surface area contributed by atoms with Gasteiger partial charge in [-0.25, -0.2) is 17.8 Å². The molecule has 100 valence electrons. The molecule has 1 aliphatic rings. The largest absolute Gasteiger partial charge is 1.00 e. The Morgan fingerprint density at radius 2 is 2.05 bits per heavy atom. The van der Waals surface area contributed by atoms with Crippen molar-refractivity contribution < 1.29 is 79.9 Å². The molecule has 0 bridgehead atoms. The zero-order valence-corrected chi connectivity index (χ0v) is 14.0. The van der Waals surface area contributed by atoms with E-state index in [0.717, 1.165) is 6.92 Å². The Morgan fingerprint density at radius 3 is 2.53 bits per heavy atom. The Kier molecular flexibility index (Phi) is 4.96. The zero-order valence-electron chi connectivity index (χ0n) is 11.1. The molecule has 0 atom stereocenters. The number of halogens is 2. The number of phenolic OH excluding ortho intramolecular Hbond substituents is 1. The Hall–Kier alpha value is -0.264. The van der Waals surface area contributed by atoms with E-state index in [9.17, 15) is 27.1 Å². The molecule has 0 unspecified atom stereocenters. The molecule has 6 nitrogen and oxygen atoms in total. The van der Waals surface area contributed by atoms with Crippen molar-refractivity contribution >= 4 is 21.8 Å². The predicted octanol–water partition coefficient (Wildman–Crippen LogP) is -2.72. The van der Waals surface area contributed by atoms with Crippen LogP contribution in [0, 0.1) is 18.6 Å². The number of carbonyl (C=O) groups excluding carboxylic acids is 1. The normalized spacial score (nSPS) is 17.0. The van der Waals surface area contributed by atoms with E-state index in [4.69, 9.17) is 0 Å². The van der Waals surface area contributed by atoms with Crippen LogP contribution in [0.3, 0.4) is 0 Å². The van der Waals surface area contributed by atoms with Crippen molar-refractivity contribution in [3.8, 4) is 5.75 Å². The second kappa shape index (κ2) is 5.62. The quantitative estimate of drug-likeness (QED) is 0.551. The van der Waals surface area contributed by atoms with Crippen molar-refractivity contribution in [3.05, 3.63) is 23.3 Å². The SMILES string of the molecule is Cc1c(F)cc(N2CC(=O)NS2(=O)=O)c(O)c1F.[H-].[K+]. The third kappa shape index (κ3) is 2.93. The molecule has 1 saturated heterocycles. The number of carbonyl (C=O) groups is 1. The number of aromatic hydroxyl groups is 1. The maximum Gasteiger partial charge on any atom is 1.00 e. The van der Waals surface area contributed by atoms with Gasteiger partial charge >= 0.3 is 61.6 Å². The Labute approximate surface area is 151 Å². The van der Waals surface area contributed by atoms with Gasteiger partial charge in [0, 0.05) is 11.6 Å². The minimum absolute atomic E-state index is 0. The van der Waals surface area contributed by atoms with Crippen molar-refractivity contribution in [2.45, 2.75) is 6.92 Å². The van der Waals surface area contributed by atoms with Gasteiger partial charge in [-0.3, -0.25) is 4.79 Å². The number of phenols is 1. The summed E-state index contributed by atoms with van der Waals surface area (Å²) in [7, 11) is -4.22. The Morgan fingerprint density at radius 1 is 1.47 bits per heavy atom.